The van der Waals surface area contributed by atoms with Crippen molar-refractivity contribution in [3.05, 3.63) is 53.6 Å². The Balaban J connectivity index is 1.70. The molecular weight excluding hydrogens is 368 g/mol. The van der Waals surface area contributed by atoms with E-state index in [2.05, 4.69) is 30.9 Å². The van der Waals surface area contributed by atoms with Gasteiger partial charge in [0.1, 0.15) is 0 Å². The Kier molecular flexibility index (Phi) is 5.87. The van der Waals surface area contributed by atoms with E-state index in [1.807, 2.05) is 6.07 Å². The van der Waals surface area contributed by atoms with Crippen LogP contribution in [0, 0.1) is 13.8 Å². The predicted molar refractivity (Wildman–Crippen MR) is 114 cm³/mol. The van der Waals surface area contributed by atoms with Crippen LogP contribution in [0.4, 0.5) is 17.1 Å². The van der Waals surface area contributed by atoms with Crippen LogP contribution >= 0.6 is 0 Å². The molecule has 0 bridgehead atoms. The number of piperazine rings is 1. The van der Waals surface area contributed by atoms with E-state index in [1.54, 1.807) is 24.3 Å². The van der Waals surface area contributed by atoms with E-state index in [1.165, 1.54) is 23.0 Å². The molecule has 1 saturated heterocycles. The molecule has 1 aliphatic rings. The molecule has 152 valence electrons. The summed E-state index contributed by atoms with van der Waals surface area (Å²) in [6.45, 7) is 7.53. The van der Waals surface area contributed by atoms with Crippen LogP contribution in [0.15, 0.2) is 42.5 Å². The van der Waals surface area contributed by atoms with Crippen molar-refractivity contribution in [1.29, 1.82) is 0 Å². The maximum Gasteiger partial charge on any atom is 0.323 e. The minimum Gasteiger partial charge on any atom is -0.399 e. The average molecular weight is 394 g/mol. The molecular formula is C22H26N4O3. The number of rotatable bonds is 2. The molecule has 0 aromatic heterocycles. The lowest BCUT2D eigenvalue weighted by Crippen LogP contribution is -2.54. The number of amides is 3. The smallest absolute Gasteiger partial charge is 0.323 e. The number of nitrogens with two attached hydrogens (primary N) is 1. The maximum absolute atomic E-state index is 12.8. The first-order chi connectivity index (χ1) is 13.8. The van der Waals surface area contributed by atoms with Crippen LogP contribution in [0.3, 0.4) is 0 Å². The Hall–Kier alpha value is -3.35. The Morgan fingerprint density at radius 3 is 2.14 bits per heavy atom. The summed E-state index contributed by atoms with van der Waals surface area (Å²) in [5.74, 6) is -2.03. The second kappa shape index (κ2) is 8.34. The van der Waals surface area contributed by atoms with Gasteiger partial charge in [-0.25, -0.2) is 4.90 Å². The topological polar surface area (TPSA) is 87.0 Å². The van der Waals surface area contributed by atoms with Crippen molar-refractivity contribution in [3.8, 4) is 0 Å². The summed E-state index contributed by atoms with van der Waals surface area (Å²) in [7, 11) is 0. The highest BCUT2D eigenvalue weighted by molar-refractivity contribution is 6.45. The Morgan fingerprint density at radius 2 is 1.55 bits per heavy atom. The number of carbonyl (C=O) groups is 3. The molecule has 0 saturated carbocycles. The molecule has 3 rings (SSSR count). The van der Waals surface area contributed by atoms with Gasteiger partial charge in [-0.2, -0.15) is 0 Å². The lowest BCUT2D eigenvalue weighted by Gasteiger charge is -2.37. The van der Waals surface area contributed by atoms with Gasteiger partial charge in [-0.05, 0) is 55.3 Å². The SMILES string of the molecule is CC(=O)N(C(=O)C(=O)N1CCN(c2cccc(C)c2C)CC1)c1ccc(N)cc1. The summed E-state index contributed by atoms with van der Waals surface area (Å²) < 4.78 is 0. The van der Waals surface area contributed by atoms with Crippen molar-refractivity contribution in [1.82, 2.24) is 4.90 Å². The summed E-state index contributed by atoms with van der Waals surface area (Å²) in [5.41, 5.74) is 10.1. The second-order valence-electron chi connectivity index (χ2n) is 7.25. The van der Waals surface area contributed by atoms with Crippen molar-refractivity contribution in [3.63, 3.8) is 0 Å². The Morgan fingerprint density at radius 1 is 0.931 bits per heavy atom. The summed E-state index contributed by atoms with van der Waals surface area (Å²) in [4.78, 5) is 42.3. The zero-order chi connectivity index (χ0) is 21.1. The quantitative estimate of drug-likeness (QED) is 0.623. The minimum absolute atomic E-state index is 0.332. The number of hydrogen-bond acceptors (Lipinski definition) is 5. The molecule has 0 atom stereocenters. The van der Waals surface area contributed by atoms with E-state index < -0.39 is 17.7 Å². The second-order valence-corrected chi connectivity index (χ2v) is 7.25. The third kappa shape index (κ3) is 4.23. The molecule has 1 heterocycles. The maximum atomic E-state index is 12.8. The fourth-order valence-electron chi connectivity index (χ4n) is 3.52. The fraction of sp³-hybridized carbons (Fsp3) is 0.318. The molecule has 0 aliphatic carbocycles. The van der Waals surface area contributed by atoms with E-state index in [4.69, 9.17) is 5.73 Å². The van der Waals surface area contributed by atoms with Crippen LogP contribution in [-0.4, -0.2) is 48.8 Å². The van der Waals surface area contributed by atoms with Gasteiger partial charge in [0.15, 0.2) is 0 Å². The number of hydrogen-bond donors (Lipinski definition) is 1. The molecule has 0 spiro atoms. The first-order valence-corrected chi connectivity index (χ1v) is 9.60. The molecule has 0 unspecified atom stereocenters. The van der Waals surface area contributed by atoms with Gasteiger partial charge in [0, 0.05) is 44.5 Å². The van der Waals surface area contributed by atoms with Gasteiger partial charge in [-0.15, -0.1) is 0 Å². The van der Waals surface area contributed by atoms with E-state index >= 15 is 0 Å². The van der Waals surface area contributed by atoms with Gasteiger partial charge in [0.25, 0.3) is 0 Å². The van der Waals surface area contributed by atoms with Crippen LogP contribution in [-0.2, 0) is 14.4 Å². The molecule has 2 aromatic carbocycles. The van der Waals surface area contributed by atoms with E-state index in [0.717, 1.165) is 10.6 Å². The molecule has 1 aliphatic heterocycles. The first kappa shape index (κ1) is 20.4. The van der Waals surface area contributed by atoms with Crippen molar-refractivity contribution >= 4 is 34.8 Å². The van der Waals surface area contributed by atoms with Gasteiger partial charge < -0.3 is 15.5 Å². The third-order valence-electron chi connectivity index (χ3n) is 5.34. The van der Waals surface area contributed by atoms with Crippen molar-refractivity contribution in [2.24, 2.45) is 0 Å². The number of benzene rings is 2. The first-order valence-electron chi connectivity index (χ1n) is 9.60. The van der Waals surface area contributed by atoms with Gasteiger partial charge in [-0.3, -0.25) is 14.4 Å². The summed E-state index contributed by atoms with van der Waals surface area (Å²) in [6, 6.07) is 12.5. The molecule has 7 heteroatoms. The molecule has 3 amide bonds. The number of carbonyl (C=O) groups excluding carboxylic acids is 3. The average Bonchev–Trinajstić information content (AvgIpc) is 2.71. The monoisotopic (exact) mass is 394 g/mol. The molecule has 1 fully saturated rings. The largest absolute Gasteiger partial charge is 0.399 e. The number of nitrogen functional groups attached to an aromatic ring is 1. The number of nitrogens with zero attached hydrogens (tertiary/aromatic N) is 3. The van der Waals surface area contributed by atoms with Crippen LogP contribution in [0.25, 0.3) is 0 Å². The van der Waals surface area contributed by atoms with E-state index in [0.29, 0.717) is 37.6 Å². The van der Waals surface area contributed by atoms with Crippen molar-refractivity contribution in [2.75, 3.05) is 41.7 Å². The number of imide groups is 1. The van der Waals surface area contributed by atoms with Gasteiger partial charge in [0.2, 0.25) is 5.91 Å². The minimum atomic E-state index is -0.845. The highest BCUT2D eigenvalue weighted by Crippen LogP contribution is 2.24. The zero-order valence-corrected chi connectivity index (χ0v) is 17.0. The van der Waals surface area contributed by atoms with E-state index in [9.17, 15) is 14.4 Å². The highest BCUT2D eigenvalue weighted by atomic mass is 16.2. The molecule has 7 nitrogen and oxygen atoms in total. The molecule has 29 heavy (non-hydrogen) atoms. The van der Waals surface area contributed by atoms with Crippen LogP contribution in [0.5, 0.6) is 0 Å². The summed E-state index contributed by atoms with van der Waals surface area (Å²) in [6.07, 6.45) is 0. The lowest BCUT2D eigenvalue weighted by atomic mass is 10.1. The molecule has 2 N–H and O–H groups in total. The summed E-state index contributed by atoms with van der Waals surface area (Å²) >= 11 is 0. The van der Waals surface area contributed by atoms with E-state index in [-0.39, 0.29) is 0 Å². The normalized spacial score (nSPS) is 13.9. The highest BCUT2D eigenvalue weighted by Gasteiger charge is 2.32. The van der Waals surface area contributed by atoms with Gasteiger partial charge in [0.05, 0.1) is 5.69 Å². The Bertz CT molecular complexity index is 932. The van der Waals surface area contributed by atoms with Gasteiger partial charge in [-0.1, -0.05) is 12.1 Å². The van der Waals surface area contributed by atoms with Crippen molar-refractivity contribution in [2.45, 2.75) is 20.8 Å². The number of aryl methyl sites for hydroxylation is 1. The fourth-order valence-corrected chi connectivity index (χ4v) is 3.52. The van der Waals surface area contributed by atoms with Crippen LogP contribution < -0.4 is 15.5 Å². The third-order valence-corrected chi connectivity index (χ3v) is 5.34. The van der Waals surface area contributed by atoms with Crippen LogP contribution in [0.2, 0.25) is 0 Å². The molecule has 0 radical (unpaired) electrons. The Labute approximate surface area is 170 Å². The summed E-state index contributed by atoms with van der Waals surface area (Å²) in [5, 5.41) is 0. The predicted octanol–water partition coefficient (Wildman–Crippen LogP) is 2.11. The van der Waals surface area contributed by atoms with Crippen molar-refractivity contribution < 1.29 is 14.4 Å². The van der Waals surface area contributed by atoms with Crippen LogP contribution in [0.1, 0.15) is 18.1 Å². The standard InChI is InChI=1S/C22H26N4O3/c1-15-5-4-6-20(16(15)2)24-11-13-25(14-12-24)21(28)22(29)26(17(3)27)19-9-7-18(23)8-10-19/h4-10H,11-14,23H2,1-3H3. The number of anilines is 3. The lowest BCUT2D eigenvalue weighted by molar-refractivity contribution is -0.145. The molecule has 2 aromatic rings. The zero-order valence-electron chi connectivity index (χ0n) is 17.0. The van der Waals surface area contributed by atoms with Gasteiger partial charge >= 0.3 is 11.8 Å².